The number of ketones is 1. The molecule has 0 atom stereocenters. The van der Waals surface area contributed by atoms with E-state index in [4.69, 9.17) is 11.6 Å². The molecular formula is C28H48ClNO2. The number of aliphatic imine (C=N–C) groups is 1. The fraction of sp³-hybridized carbons (Fsp3) is 0.714. The van der Waals surface area contributed by atoms with Gasteiger partial charge in [-0.2, -0.15) is 0 Å². The summed E-state index contributed by atoms with van der Waals surface area (Å²) in [5.74, 6) is 1.43. The van der Waals surface area contributed by atoms with Crippen molar-refractivity contribution >= 4 is 28.8 Å². The minimum atomic E-state index is -0.928. The fourth-order valence-electron chi connectivity index (χ4n) is 3.21. The van der Waals surface area contributed by atoms with Crippen molar-refractivity contribution in [2.75, 3.05) is 0 Å². The maximum Gasteiger partial charge on any atom is 0.133 e. The number of Topliss-reactive ketones (excluding diaryl/α,β-unsaturated/α-hetero) is 1. The lowest BCUT2D eigenvalue weighted by Crippen LogP contribution is -2.16. The largest absolute Gasteiger partial charge is 0.386 e. The van der Waals surface area contributed by atoms with E-state index in [1.165, 1.54) is 19.3 Å². The number of benzene rings is 1. The summed E-state index contributed by atoms with van der Waals surface area (Å²) in [6.45, 7) is 20.1. The van der Waals surface area contributed by atoms with Gasteiger partial charge in [-0.1, -0.05) is 78.8 Å². The number of aliphatic hydroxyl groups is 1. The van der Waals surface area contributed by atoms with Crippen LogP contribution in [0.25, 0.3) is 0 Å². The second-order valence-corrected chi connectivity index (χ2v) is 11.3. The summed E-state index contributed by atoms with van der Waals surface area (Å²) in [5, 5.41) is 10.6. The molecule has 1 aromatic carbocycles. The minimum Gasteiger partial charge on any atom is -0.386 e. The molecule has 0 unspecified atom stereocenters. The summed E-state index contributed by atoms with van der Waals surface area (Å²) in [5.41, 5.74) is 3.02. The lowest BCUT2D eigenvalue weighted by atomic mass is 9.88. The Hall–Kier alpha value is -1.19. The van der Waals surface area contributed by atoms with Gasteiger partial charge < -0.3 is 5.11 Å². The van der Waals surface area contributed by atoms with Crippen LogP contribution in [0.3, 0.4) is 0 Å². The Bertz CT molecular complexity index is 735. The molecule has 4 heteroatoms. The molecule has 1 aliphatic carbocycles. The second kappa shape index (κ2) is 14.2. The lowest BCUT2D eigenvalue weighted by Gasteiger charge is -2.20. The Morgan fingerprint density at radius 1 is 1.16 bits per heavy atom. The van der Waals surface area contributed by atoms with Crippen molar-refractivity contribution in [2.24, 2.45) is 16.3 Å². The predicted octanol–water partition coefficient (Wildman–Crippen LogP) is 8.98. The first-order chi connectivity index (χ1) is 14.6. The molecule has 184 valence electrons. The molecule has 32 heavy (non-hydrogen) atoms. The van der Waals surface area contributed by atoms with E-state index < -0.39 is 5.60 Å². The zero-order valence-corrected chi connectivity index (χ0v) is 23.1. The summed E-state index contributed by atoms with van der Waals surface area (Å²) in [4.78, 5) is 15.4. The fourth-order valence-corrected chi connectivity index (χ4v) is 3.60. The standard InChI is InChI=1S/C15H22ClNO.C8H16O.C5H10/c1-6-7-11(3)17-14-9-13(16)12(8-10(14)2)15(4,5)18;1-5-7(9)6-8(2,3)4;1-5-3-2-4-5/h8-9,18H,6-7H2,1-5H3;5-6H2,1-4H3;5H,2-4H2,1H3. The first-order valence-electron chi connectivity index (χ1n) is 12.2. The third-order valence-corrected chi connectivity index (χ3v) is 5.70. The highest BCUT2D eigenvalue weighted by Crippen LogP contribution is 2.33. The van der Waals surface area contributed by atoms with E-state index in [9.17, 15) is 9.90 Å². The van der Waals surface area contributed by atoms with E-state index in [1.54, 1.807) is 13.8 Å². The van der Waals surface area contributed by atoms with E-state index >= 15 is 0 Å². The molecular weight excluding hydrogens is 418 g/mol. The van der Waals surface area contributed by atoms with Gasteiger partial charge in [0.15, 0.2) is 0 Å². The van der Waals surface area contributed by atoms with Gasteiger partial charge >= 0.3 is 0 Å². The van der Waals surface area contributed by atoms with Gasteiger partial charge in [-0.25, -0.2) is 0 Å². The number of halogens is 1. The van der Waals surface area contributed by atoms with Crippen molar-refractivity contribution in [3.63, 3.8) is 0 Å². The topological polar surface area (TPSA) is 49.7 Å². The van der Waals surface area contributed by atoms with Crippen LogP contribution in [0, 0.1) is 18.3 Å². The van der Waals surface area contributed by atoms with Gasteiger partial charge in [-0.05, 0) is 63.1 Å². The molecule has 0 amide bonds. The van der Waals surface area contributed by atoms with E-state index in [1.807, 2.05) is 32.9 Å². The molecule has 2 rings (SSSR count). The van der Waals surface area contributed by atoms with E-state index in [0.29, 0.717) is 23.6 Å². The Morgan fingerprint density at radius 3 is 2.00 bits per heavy atom. The number of hydrogen-bond acceptors (Lipinski definition) is 3. The molecule has 0 spiro atoms. The van der Waals surface area contributed by atoms with Crippen molar-refractivity contribution in [3.8, 4) is 0 Å². The van der Waals surface area contributed by atoms with Gasteiger partial charge in [0.2, 0.25) is 0 Å². The molecule has 0 radical (unpaired) electrons. The van der Waals surface area contributed by atoms with Crippen LogP contribution in [-0.2, 0) is 10.4 Å². The molecule has 0 saturated heterocycles. The monoisotopic (exact) mass is 465 g/mol. The van der Waals surface area contributed by atoms with Crippen LogP contribution in [0.5, 0.6) is 0 Å². The molecule has 0 bridgehead atoms. The van der Waals surface area contributed by atoms with Crippen LogP contribution in [0.2, 0.25) is 5.02 Å². The van der Waals surface area contributed by atoms with Crippen LogP contribution in [0.1, 0.15) is 118 Å². The van der Waals surface area contributed by atoms with Gasteiger partial charge in [-0.3, -0.25) is 9.79 Å². The van der Waals surface area contributed by atoms with Crippen molar-refractivity contribution in [1.82, 2.24) is 0 Å². The summed E-state index contributed by atoms with van der Waals surface area (Å²) in [6.07, 6.45) is 7.93. The maximum atomic E-state index is 10.8. The molecule has 1 N–H and O–H groups in total. The minimum absolute atomic E-state index is 0.174. The van der Waals surface area contributed by atoms with Gasteiger partial charge in [-0.15, -0.1) is 0 Å². The zero-order chi connectivity index (χ0) is 25.1. The summed E-state index contributed by atoms with van der Waals surface area (Å²) >= 11 is 6.22. The van der Waals surface area contributed by atoms with Crippen LogP contribution in [0.15, 0.2) is 17.1 Å². The number of carbonyl (C=O) groups is 1. The van der Waals surface area contributed by atoms with Crippen molar-refractivity contribution in [2.45, 2.75) is 120 Å². The normalized spacial score (nSPS) is 14.6. The Balaban J connectivity index is 0.000000564. The SMILES string of the molecule is CC1CCC1.CCC(=O)CC(C)(C)C.CCCC(C)=Nc1cc(Cl)c(C(C)(C)O)cc1C. The van der Waals surface area contributed by atoms with E-state index in [0.717, 1.165) is 41.3 Å². The Morgan fingerprint density at radius 2 is 1.69 bits per heavy atom. The smallest absolute Gasteiger partial charge is 0.133 e. The van der Waals surface area contributed by atoms with Crippen molar-refractivity contribution in [1.29, 1.82) is 0 Å². The number of rotatable bonds is 6. The zero-order valence-electron chi connectivity index (χ0n) is 22.4. The first-order valence-corrected chi connectivity index (χ1v) is 12.6. The first kappa shape index (κ1) is 30.8. The van der Waals surface area contributed by atoms with E-state index in [-0.39, 0.29) is 5.41 Å². The molecule has 1 aromatic rings. The van der Waals surface area contributed by atoms with Crippen LogP contribution < -0.4 is 0 Å². The van der Waals surface area contributed by atoms with Gasteiger partial charge in [0.05, 0.1) is 11.3 Å². The third kappa shape index (κ3) is 13.4. The highest BCUT2D eigenvalue weighted by molar-refractivity contribution is 6.31. The highest BCUT2D eigenvalue weighted by Gasteiger charge is 2.20. The van der Waals surface area contributed by atoms with Gasteiger partial charge in [0.1, 0.15) is 5.78 Å². The van der Waals surface area contributed by atoms with Gasteiger partial charge in [0.25, 0.3) is 0 Å². The number of nitrogens with zero attached hydrogens (tertiary/aromatic N) is 1. The average Bonchev–Trinajstić information content (AvgIpc) is 2.61. The molecule has 0 aromatic heterocycles. The summed E-state index contributed by atoms with van der Waals surface area (Å²) in [6, 6.07) is 3.75. The van der Waals surface area contributed by atoms with Crippen molar-refractivity contribution in [3.05, 3.63) is 28.3 Å². The third-order valence-electron chi connectivity index (χ3n) is 5.38. The molecule has 3 nitrogen and oxygen atoms in total. The Kier molecular flexibility index (Phi) is 13.6. The number of carbonyl (C=O) groups excluding carboxylic acids is 1. The molecule has 0 aliphatic heterocycles. The molecule has 0 heterocycles. The van der Waals surface area contributed by atoms with E-state index in [2.05, 4.69) is 39.6 Å². The summed E-state index contributed by atoms with van der Waals surface area (Å²) in [7, 11) is 0. The Labute approximate surface area is 203 Å². The highest BCUT2D eigenvalue weighted by atomic mass is 35.5. The van der Waals surface area contributed by atoms with Crippen LogP contribution >= 0.6 is 11.6 Å². The van der Waals surface area contributed by atoms with Crippen LogP contribution in [-0.4, -0.2) is 16.6 Å². The number of hydrogen-bond donors (Lipinski definition) is 1. The maximum absolute atomic E-state index is 10.8. The molecule has 1 aliphatic rings. The average molecular weight is 466 g/mol. The number of aryl methyl sites for hydroxylation is 1. The van der Waals surface area contributed by atoms with Crippen LogP contribution in [0.4, 0.5) is 5.69 Å². The second-order valence-electron chi connectivity index (χ2n) is 10.9. The van der Waals surface area contributed by atoms with Crippen molar-refractivity contribution < 1.29 is 9.90 Å². The quantitative estimate of drug-likeness (QED) is 0.426. The summed E-state index contributed by atoms with van der Waals surface area (Å²) < 4.78 is 0. The lowest BCUT2D eigenvalue weighted by molar-refractivity contribution is -0.120. The molecule has 1 saturated carbocycles. The molecule has 1 fully saturated rings. The predicted molar refractivity (Wildman–Crippen MR) is 141 cm³/mol. The van der Waals surface area contributed by atoms with Gasteiger partial charge in [0, 0.05) is 29.1 Å².